The predicted octanol–water partition coefficient (Wildman–Crippen LogP) is -2.69. The van der Waals surface area contributed by atoms with Crippen LogP contribution in [-0.4, -0.2) is 13.7 Å². The molecule has 2 unspecified atom stereocenters. The summed E-state index contributed by atoms with van der Waals surface area (Å²) in [6.45, 7) is 0. The van der Waals surface area contributed by atoms with Crippen molar-refractivity contribution < 1.29 is 41.1 Å². The summed E-state index contributed by atoms with van der Waals surface area (Å²) in [6, 6.07) is 7.28. The Labute approximate surface area is 95.7 Å². The van der Waals surface area contributed by atoms with E-state index in [0.29, 0.717) is 0 Å². The largest absolute Gasteiger partial charge is 1.00 e. The van der Waals surface area contributed by atoms with Crippen LogP contribution in [0.3, 0.4) is 0 Å². The minimum atomic E-state index is -4.21. The van der Waals surface area contributed by atoms with E-state index in [0.717, 1.165) is 0 Å². The fourth-order valence-electron chi connectivity index (χ4n) is 0.742. The first kappa shape index (κ1) is 14.1. The summed E-state index contributed by atoms with van der Waals surface area (Å²) >= 11 is -3.00. The fourth-order valence-corrected chi connectivity index (χ4v) is 2.29. The molecule has 8 heteroatoms. The number of rotatable bonds is 3. The average Bonchev–Trinajstić information content (AvgIpc) is 2.04. The van der Waals surface area contributed by atoms with Crippen molar-refractivity contribution in [3.8, 4) is 0 Å². The summed E-state index contributed by atoms with van der Waals surface area (Å²) in [5.41, 5.74) is 0. The molecule has 0 spiro atoms. The maximum absolute atomic E-state index is 11.2. The van der Waals surface area contributed by atoms with Crippen LogP contribution < -0.4 is 24.2 Å². The Hall–Kier alpha value is 0.0774. The Morgan fingerprint density at radius 2 is 1.86 bits per heavy atom. The third-order valence-corrected chi connectivity index (χ3v) is 3.49. The molecule has 0 fully saturated rings. The molecule has 1 rings (SSSR count). The van der Waals surface area contributed by atoms with E-state index in [2.05, 4.69) is 3.97 Å². The van der Waals surface area contributed by atoms with Crippen molar-refractivity contribution in [3.63, 3.8) is 0 Å². The van der Waals surface area contributed by atoms with Crippen molar-refractivity contribution in [2.45, 2.75) is 0 Å². The number of hydrogen-bond acceptors (Lipinski definition) is 4. The van der Waals surface area contributed by atoms with Gasteiger partial charge in [-0.2, -0.15) is 0 Å². The van der Waals surface area contributed by atoms with Crippen LogP contribution in [-0.2, 0) is 19.9 Å². The van der Waals surface area contributed by atoms with Gasteiger partial charge >= 0.3 is 26.5 Å². The third kappa shape index (κ3) is 4.07. The van der Waals surface area contributed by atoms with Gasteiger partial charge in [0.1, 0.15) is 0 Å². The van der Waals surface area contributed by atoms with Crippen molar-refractivity contribution in [2.24, 2.45) is 0 Å². The van der Waals surface area contributed by atoms with E-state index in [-0.39, 0.29) is 24.2 Å². The monoisotopic (exact) mass is 228 g/mol. The molecule has 5 nitrogen and oxygen atoms in total. The summed E-state index contributed by atoms with van der Waals surface area (Å²) in [6.07, 6.45) is 0. The summed E-state index contributed by atoms with van der Waals surface area (Å²) in [5.74, 6) is 0. The van der Waals surface area contributed by atoms with Crippen molar-refractivity contribution in [1.82, 2.24) is 0 Å². The molecule has 0 saturated heterocycles. The maximum atomic E-state index is 11.2. The van der Waals surface area contributed by atoms with E-state index in [4.69, 9.17) is 4.89 Å². The van der Waals surface area contributed by atoms with Crippen molar-refractivity contribution in [3.05, 3.63) is 30.3 Å². The molecular weight excluding hydrogens is 222 g/mol. The molecule has 0 aromatic heterocycles. The van der Waals surface area contributed by atoms with E-state index in [9.17, 15) is 13.3 Å². The summed E-state index contributed by atoms with van der Waals surface area (Å²) in [5, 5.41) is -0.0563. The zero-order valence-corrected chi connectivity index (χ0v) is 9.03. The summed E-state index contributed by atoms with van der Waals surface area (Å²) in [7, 11) is -4.21. The Bertz CT molecular complexity index is 356. The molecule has 0 amide bonds. The van der Waals surface area contributed by atoms with Gasteiger partial charge in [-0.3, -0.25) is 4.57 Å². The zero-order chi connectivity index (χ0) is 9.90. The number of hydrogen-bond donors (Lipinski definition) is 1. The molecule has 0 saturated carbocycles. The Morgan fingerprint density at radius 1 is 1.36 bits per heavy atom. The Kier molecular flexibility index (Phi) is 5.87. The smallest absolute Gasteiger partial charge is 0.749 e. The molecule has 0 aliphatic rings. The molecule has 1 N–H and O–H groups in total. The van der Waals surface area contributed by atoms with Gasteiger partial charge in [0.15, 0.2) is 0 Å². The normalized spacial score (nSPS) is 16.4. The summed E-state index contributed by atoms with van der Waals surface area (Å²) < 4.78 is 35.1. The topological polar surface area (TPSA) is 86.7 Å². The van der Waals surface area contributed by atoms with Crippen LogP contribution in [0, 0.1) is 0 Å². The average molecular weight is 228 g/mol. The van der Waals surface area contributed by atoms with Crippen molar-refractivity contribution in [2.75, 3.05) is 0 Å². The van der Waals surface area contributed by atoms with Gasteiger partial charge in [0.05, 0.1) is 16.7 Å². The van der Waals surface area contributed by atoms with Crippen LogP contribution in [0.1, 0.15) is 0 Å². The van der Waals surface area contributed by atoms with Crippen LogP contribution in [0.5, 0.6) is 0 Å². The SMILES string of the molecule is O=S([O-])OP(=O)(O)c1ccccc1.[Li+]. The first-order valence-electron chi connectivity index (χ1n) is 3.20. The van der Waals surface area contributed by atoms with Gasteiger partial charge in [-0.1, -0.05) is 18.2 Å². The van der Waals surface area contributed by atoms with Crippen LogP contribution in [0.2, 0.25) is 0 Å². The first-order chi connectivity index (χ1) is 6.02. The molecule has 0 heterocycles. The van der Waals surface area contributed by atoms with Gasteiger partial charge in [0.2, 0.25) is 0 Å². The molecule has 14 heavy (non-hydrogen) atoms. The molecule has 0 aliphatic carbocycles. The van der Waals surface area contributed by atoms with Crippen molar-refractivity contribution in [1.29, 1.82) is 0 Å². The quantitative estimate of drug-likeness (QED) is 0.346. The molecular formula is C6H6LiO5PS. The van der Waals surface area contributed by atoms with Gasteiger partial charge in [0, 0.05) is 0 Å². The van der Waals surface area contributed by atoms with E-state index < -0.39 is 19.0 Å². The van der Waals surface area contributed by atoms with Crippen LogP contribution in [0.4, 0.5) is 0 Å². The molecule has 72 valence electrons. The van der Waals surface area contributed by atoms with Gasteiger partial charge < -0.3 is 9.45 Å². The second kappa shape index (κ2) is 5.84. The van der Waals surface area contributed by atoms with Gasteiger partial charge in [-0.05, 0) is 12.1 Å². The minimum absolute atomic E-state index is 0. The summed E-state index contributed by atoms with van der Waals surface area (Å²) in [4.78, 5) is 9.10. The third-order valence-electron chi connectivity index (χ3n) is 1.24. The standard InChI is InChI=1S/C6H7O5PS.Li/c7-12(8,11-13(9)10)6-4-2-1-3-5-6;/h1-5H,(H,7,8)(H,9,10);/q;+1/p-1. The molecule has 0 bridgehead atoms. The molecule has 0 aliphatic heterocycles. The molecule has 0 radical (unpaired) electrons. The molecule has 1 aromatic carbocycles. The van der Waals surface area contributed by atoms with Gasteiger partial charge in [-0.15, -0.1) is 0 Å². The van der Waals surface area contributed by atoms with Crippen LogP contribution >= 0.6 is 7.60 Å². The van der Waals surface area contributed by atoms with E-state index in [1.165, 1.54) is 24.3 Å². The van der Waals surface area contributed by atoms with E-state index in [1.54, 1.807) is 6.07 Å². The maximum Gasteiger partial charge on any atom is 1.00 e. The van der Waals surface area contributed by atoms with Crippen LogP contribution in [0.25, 0.3) is 0 Å². The first-order valence-corrected chi connectivity index (χ1v) is 5.78. The second-order valence-electron chi connectivity index (χ2n) is 2.13. The second-order valence-corrected chi connectivity index (χ2v) is 4.70. The predicted molar refractivity (Wildman–Crippen MR) is 45.9 cm³/mol. The molecule has 2 atom stereocenters. The van der Waals surface area contributed by atoms with Crippen LogP contribution in [0.15, 0.2) is 30.3 Å². The minimum Gasteiger partial charge on any atom is -0.749 e. The Morgan fingerprint density at radius 3 is 2.29 bits per heavy atom. The van der Waals surface area contributed by atoms with Crippen molar-refractivity contribution >= 4 is 24.3 Å². The zero-order valence-electron chi connectivity index (χ0n) is 7.32. The fraction of sp³-hybridized carbons (Fsp3) is 0. The number of benzene rings is 1. The Balaban J connectivity index is 0.00000169. The van der Waals surface area contributed by atoms with Gasteiger partial charge in [-0.25, -0.2) is 8.18 Å². The van der Waals surface area contributed by atoms with Gasteiger partial charge in [0.25, 0.3) is 0 Å². The molecule has 1 aromatic rings. The van der Waals surface area contributed by atoms with E-state index in [1.807, 2.05) is 0 Å². The van der Waals surface area contributed by atoms with E-state index >= 15 is 0 Å².